The predicted octanol–water partition coefficient (Wildman–Crippen LogP) is 3.28. The van der Waals surface area contributed by atoms with E-state index in [4.69, 9.17) is 0 Å². The van der Waals surface area contributed by atoms with Crippen molar-refractivity contribution in [3.63, 3.8) is 0 Å². The van der Waals surface area contributed by atoms with Gasteiger partial charge in [-0.15, -0.1) is 0 Å². The van der Waals surface area contributed by atoms with Gasteiger partial charge in [-0.3, -0.25) is 9.52 Å². The third kappa shape index (κ3) is 4.07. The molecule has 2 aromatic rings. The summed E-state index contributed by atoms with van der Waals surface area (Å²) in [6, 6.07) is 9.47. The maximum atomic E-state index is 12.9. The lowest BCUT2D eigenvalue weighted by molar-refractivity contribution is -0.115. The number of carbonyl (C=O) groups excluding carboxylic acids is 1. The highest BCUT2D eigenvalue weighted by Gasteiger charge is 2.16. The normalized spacial score (nSPS) is 11.1. The van der Waals surface area contributed by atoms with Gasteiger partial charge in [0.05, 0.1) is 10.6 Å². The summed E-state index contributed by atoms with van der Waals surface area (Å²) in [4.78, 5) is 11.5. The summed E-state index contributed by atoms with van der Waals surface area (Å²) >= 11 is 0. The minimum Gasteiger partial charge on any atom is -0.326 e. The van der Waals surface area contributed by atoms with E-state index >= 15 is 0 Å². The van der Waals surface area contributed by atoms with Crippen LogP contribution in [0.3, 0.4) is 0 Å². The summed E-state index contributed by atoms with van der Waals surface area (Å²) in [5.74, 6) is -0.670. The molecule has 0 aliphatic heterocycles. The van der Waals surface area contributed by atoms with Gasteiger partial charge in [0.15, 0.2) is 0 Å². The van der Waals surface area contributed by atoms with Gasteiger partial charge in [0.2, 0.25) is 5.91 Å². The molecule has 0 heterocycles. The molecule has 0 fully saturated rings. The summed E-state index contributed by atoms with van der Waals surface area (Å²) < 4.78 is 40.0. The van der Waals surface area contributed by atoms with Crippen molar-refractivity contribution in [1.29, 1.82) is 0 Å². The molecule has 0 saturated heterocycles. The lowest BCUT2D eigenvalue weighted by Gasteiger charge is -2.14. The highest BCUT2D eigenvalue weighted by molar-refractivity contribution is 7.92. The topological polar surface area (TPSA) is 75.3 Å². The van der Waals surface area contributed by atoms with Crippen LogP contribution in [0, 0.1) is 12.7 Å². The smallest absolute Gasteiger partial charge is 0.261 e. The standard InChI is InChI=1S/C16H17FN2O3S/c1-3-16(20)18-14-5-4-6-15(11(14)2)19-23(21,22)13-9-7-12(17)8-10-13/h4-10,19H,3H2,1-2H3,(H,18,20). The number of sulfonamides is 1. The quantitative estimate of drug-likeness (QED) is 0.880. The lowest BCUT2D eigenvalue weighted by atomic mass is 10.1. The van der Waals surface area contributed by atoms with Gasteiger partial charge in [-0.2, -0.15) is 0 Å². The summed E-state index contributed by atoms with van der Waals surface area (Å²) in [7, 11) is -3.83. The van der Waals surface area contributed by atoms with Crippen LogP contribution in [0.5, 0.6) is 0 Å². The first-order valence-electron chi connectivity index (χ1n) is 7.01. The number of nitrogens with one attached hydrogen (secondary N) is 2. The summed E-state index contributed by atoms with van der Waals surface area (Å²) in [6.07, 6.45) is 0.324. The van der Waals surface area contributed by atoms with Crippen LogP contribution in [0.25, 0.3) is 0 Å². The SMILES string of the molecule is CCC(=O)Nc1cccc(NS(=O)(=O)c2ccc(F)cc2)c1C. The number of rotatable bonds is 5. The Kier molecular flexibility index (Phi) is 5.00. The van der Waals surface area contributed by atoms with Gasteiger partial charge in [0, 0.05) is 12.1 Å². The second-order valence-electron chi connectivity index (χ2n) is 4.94. The monoisotopic (exact) mass is 336 g/mol. The Morgan fingerprint density at radius 2 is 1.70 bits per heavy atom. The zero-order valence-corrected chi connectivity index (χ0v) is 13.6. The molecule has 0 atom stereocenters. The van der Waals surface area contributed by atoms with Crippen molar-refractivity contribution in [2.45, 2.75) is 25.2 Å². The van der Waals surface area contributed by atoms with Crippen molar-refractivity contribution >= 4 is 27.3 Å². The minimum atomic E-state index is -3.83. The highest BCUT2D eigenvalue weighted by Crippen LogP contribution is 2.26. The molecule has 2 aromatic carbocycles. The zero-order valence-electron chi connectivity index (χ0n) is 12.8. The van der Waals surface area contributed by atoms with Crippen molar-refractivity contribution in [2.24, 2.45) is 0 Å². The molecule has 0 aliphatic carbocycles. The lowest BCUT2D eigenvalue weighted by Crippen LogP contribution is -2.15. The summed E-state index contributed by atoms with van der Waals surface area (Å²) in [6.45, 7) is 3.43. The second-order valence-corrected chi connectivity index (χ2v) is 6.62. The van der Waals surface area contributed by atoms with Crippen molar-refractivity contribution in [3.8, 4) is 0 Å². The average Bonchev–Trinajstić information content (AvgIpc) is 2.51. The van der Waals surface area contributed by atoms with E-state index in [1.807, 2.05) is 0 Å². The molecule has 2 N–H and O–H groups in total. The van der Waals surface area contributed by atoms with E-state index in [1.165, 1.54) is 12.1 Å². The number of hydrogen-bond acceptors (Lipinski definition) is 3. The molecule has 0 aromatic heterocycles. The predicted molar refractivity (Wildman–Crippen MR) is 87.3 cm³/mol. The fourth-order valence-electron chi connectivity index (χ4n) is 1.94. The third-order valence-electron chi connectivity index (χ3n) is 3.30. The molecule has 0 radical (unpaired) electrons. The Morgan fingerprint density at radius 1 is 1.09 bits per heavy atom. The number of amides is 1. The zero-order chi connectivity index (χ0) is 17.0. The van der Waals surface area contributed by atoms with Crippen molar-refractivity contribution < 1.29 is 17.6 Å². The van der Waals surface area contributed by atoms with E-state index in [0.717, 1.165) is 12.1 Å². The van der Waals surface area contributed by atoms with E-state index in [9.17, 15) is 17.6 Å². The highest BCUT2D eigenvalue weighted by atomic mass is 32.2. The van der Waals surface area contributed by atoms with Crippen LogP contribution in [0.15, 0.2) is 47.4 Å². The molecular formula is C16H17FN2O3S. The van der Waals surface area contributed by atoms with Crippen LogP contribution >= 0.6 is 0 Å². The van der Waals surface area contributed by atoms with Gasteiger partial charge in [-0.25, -0.2) is 12.8 Å². The van der Waals surface area contributed by atoms with Crippen LogP contribution in [-0.4, -0.2) is 14.3 Å². The Morgan fingerprint density at radius 3 is 2.30 bits per heavy atom. The Bertz CT molecular complexity index is 818. The first-order chi connectivity index (χ1) is 10.8. The summed E-state index contributed by atoms with van der Waals surface area (Å²) in [5.41, 5.74) is 1.49. The molecule has 2 rings (SSSR count). The number of anilines is 2. The van der Waals surface area contributed by atoms with Gasteiger partial charge in [0.25, 0.3) is 10.0 Å². The van der Waals surface area contributed by atoms with E-state index in [-0.39, 0.29) is 10.8 Å². The molecule has 0 aliphatic rings. The molecule has 5 nitrogen and oxygen atoms in total. The van der Waals surface area contributed by atoms with Crippen LogP contribution in [0.2, 0.25) is 0 Å². The fourth-order valence-corrected chi connectivity index (χ4v) is 3.06. The second kappa shape index (κ2) is 6.78. The van der Waals surface area contributed by atoms with Gasteiger partial charge in [0.1, 0.15) is 5.82 Å². The Hall–Kier alpha value is -2.41. The fraction of sp³-hybridized carbons (Fsp3) is 0.188. The maximum Gasteiger partial charge on any atom is 0.261 e. The van der Waals surface area contributed by atoms with E-state index in [0.29, 0.717) is 23.4 Å². The third-order valence-corrected chi connectivity index (χ3v) is 4.68. The van der Waals surface area contributed by atoms with Crippen molar-refractivity contribution in [1.82, 2.24) is 0 Å². The number of carbonyl (C=O) groups is 1. The molecule has 122 valence electrons. The minimum absolute atomic E-state index is 0.0405. The summed E-state index contributed by atoms with van der Waals surface area (Å²) in [5, 5.41) is 2.71. The molecule has 0 unspecified atom stereocenters. The van der Waals surface area contributed by atoms with Gasteiger partial charge >= 0.3 is 0 Å². The average molecular weight is 336 g/mol. The maximum absolute atomic E-state index is 12.9. The molecule has 0 spiro atoms. The molecule has 7 heteroatoms. The largest absolute Gasteiger partial charge is 0.326 e. The van der Waals surface area contributed by atoms with Crippen molar-refractivity contribution in [3.05, 3.63) is 53.8 Å². The first kappa shape index (κ1) is 17.0. The molecule has 0 bridgehead atoms. The van der Waals surface area contributed by atoms with Gasteiger partial charge < -0.3 is 5.32 Å². The van der Waals surface area contributed by atoms with Gasteiger partial charge in [-0.1, -0.05) is 13.0 Å². The molecule has 23 heavy (non-hydrogen) atoms. The van der Waals surface area contributed by atoms with E-state index < -0.39 is 15.8 Å². The van der Waals surface area contributed by atoms with E-state index in [1.54, 1.807) is 32.0 Å². The van der Waals surface area contributed by atoms with Crippen molar-refractivity contribution in [2.75, 3.05) is 10.0 Å². The van der Waals surface area contributed by atoms with E-state index in [2.05, 4.69) is 10.0 Å². The number of halogens is 1. The number of benzene rings is 2. The Labute approximate surface area is 134 Å². The van der Waals surface area contributed by atoms with Crippen LogP contribution in [0.4, 0.5) is 15.8 Å². The molecule has 0 saturated carbocycles. The first-order valence-corrected chi connectivity index (χ1v) is 8.49. The molecule has 1 amide bonds. The van der Waals surface area contributed by atoms with Crippen LogP contribution in [0.1, 0.15) is 18.9 Å². The van der Waals surface area contributed by atoms with Gasteiger partial charge in [-0.05, 0) is 48.9 Å². The number of hydrogen-bond donors (Lipinski definition) is 2. The molecular weight excluding hydrogens is 319 g/mol. The van der Waals surface area contributed by atoms with Crippen LogP contribution < -0.4 is 10.0 Å². The van der Waals surface area contributed by atoms with Crippen LogP contribution in [-0.2, 0) is 14.8 Å². The Balaban J connectivity index is 2.31.